The average Bonchev–Trinajstić information content (AvgIpc) is 2.97. The summed E-state index contributed by atoms with van der Waals surface area (Å²) in [5.41, 5.74) is 3.68. The molecule has 232 valence electrons. The van der Waals surface area contributed by atoms with E-state index in [1.165, 1.54) is 12.3 Å². The molecule has 13 heteroatoms. The monoisotopic (exact) mass is 661 g/mol. The molecule has 2 amide bonds. The highest BCUT2D eigenvalue weighted by molar-refractivity contribution is 7.88. The van der Waals surface area contributed by atoms with Gasteiger partial charge in [-0.2, -0.15) is 0 Å². The lowest BCUT2D eigenvalue weighted by Gasteiger charge is -2.48. The average molecular weight is 663 g/mol. The maximum atomic E-state index is 14.3. The SMILES string of the molecule is C[S+]([O-])N[C@H]1CCCC[C@@H]1N1C(=O)c2ccccc2[C@@H](C(=O)NOCc2cc(F)cc(C(=O)O)c2)[C@@H]1c1ccc(Cl)cc1Cl. The highest BCUT2D eigenvalue weighted by atomic mass is 35.5. The Morgan fingerprint density at radius 2 is 1.84 bits per heavy atom. The zero-order chi connectivity index (χ0) is 31.5. The van der Waals surface area contributed by atoms with Gasteiger partial charge >= 0.3 is 5.97 Å². The van der Waals surface area contributed by atoms with E-state index in [9.17, 15) is 28.4 Å². The van der Waals surface area contributed by atoms with Crippen molar-refractivity contribution in [1.29, 1.82) is 0 Å². The molecule has 3 N–H and O–H groups in total. The molecule has 0 radical (unpaired) electrons. The number of hydrogen-bond acceptors (Lipinski definition) is 6. The van der Waals surface area contributed by atoms with Crippen molar-refractivity contribution in [3.63, 3.8) is 0 Å². The number of halogens is 3. The van der Waals surface area contributed by atoms with Crippen molar-refractivity contribution >= 4 is 52.3 Å². The summed E-state index contributed by atoms with van der Waals surface area (Å²) in [6.45, 7) is -0.315. The van der Waals surface area contributed by atoms with Gasteiger partial charge in [0.1, 0.15) is 12.1 Å². The van der Waals surface area contributed by atoms with Crippen LogP contribution in [0.1, 0.15) is 75.0 Å². The van der Waals surface area contributed by atoms with Crippen LogP contribution in [0.4, 0.5) is 4.39 Å². The van der Waals surface area contributed by atoms with Crippen molar-refractivity contribution in [2.45, 2.75) is 56.3 Å². The molecule has 3 aromatic carbocycles. The topological polar surface area (TPSA) is 131 Å². The molecule has 1 saturated carbocycles. The smallest absolute Gasteiger partial charge is 0.335 e. The Kier molecular flexibility index (Phi) is 10.1. The lowest BCUT2D eigenvalue weighted by Crippen LogP contribution is -2.59. The molecule has 1 unspecified atom stereocenters. The van der Waals surface area contributed by atoms with Crippen LogP contribution in [0.15, 0.2) is 60.7 Å². The number of fused-ring (bicyclic) bond motifs is 1. The van der Waals surface area contributed by atoms with Crippen LogP contribution in [0.2, 0.25) is 10.0 Å². The van der Waals surface area contributed by atoms with Gasteiger partial charge in [0.25, 0.3) is 11.8 Å². The van der Waals surface area contributed by atoms with Gasteiger partial charge in [-0.3, -0.25) is 14.4 Å². The van der Waals surface area contributed by atoms with Crippen molar-refractivity contribution in [3.05, 3.63) is 104 Å². The fraction of sp³-hybridized carbons (Fsp3) is 0.323. The molecule has 1 aliphatic carbocycles. The molecule has 3 aromatic rings. The van der Waals surface area contributed by atoms with E-state index in [-0.39, 0.29) is 34.7 Å². The Labute approximate surface area is 266 Å². The number of hydroxylamine groups is 1. The van der Waals surface area contributed by atoms with Gasteiger partial charge in [-0.05, 0) is 65.9 Å². The Bertz CT molecular complexity index is 1580. The molecular formula is C31H30Cl2FN3O6S. The summed E-state index contributed by atoms with van der Waals surface area (Å²) < 4.78 is 29.4. The molecule has 5 rings (SSSR count). The molecule has 9 nitrogen and oxygen atoms in total. The number of nitrogens with zero attached hydrogens (tertiary/aromatic N) is 1. The Morgan fingerprint density at radius 1 is 1.09 bits per heavy atom. The Morgan fingerprint density at radius 3 is 2.57 bits per heavy atom. The van der Waals surface area contributed by atoms with E-state index in [0.29, 0.717) is 34.6 Å². The summed E-state index contributed by atoms with van der Waals surface area (Å²) in [6.07, 6.45) is 4.55. The lowest BCUT2D eigenvalue weighted by atomic mass is 9.76. The van der Waals surface area contributed by atoms with Crippen LogP contribution >= 0.6 is 23.2 Å². The Balaban J connectivity index is 1.55. The third-order valence-electron chi connectivity index (χ3n) is 7.96. The van der Waals surface area contributed by atoms with Crippen LogP contribution in [-0.2, 0) is 27.6 Å². The van der Waals surface area contributed by atoms with Crippen molar-refractivity contribution < 1.29 is 33.3 Å². The molecule has 1 heterocycles. The van der Waals surface area contributed by atoms with Gasteiger partial charge in [-0.1, -0.05) is 60.3 Å². The first-order valence-corrected chi connectivity index (χ1v) is 16.3. The molecule has 0 aromatic heterocycles. The van der Waals surface area contributed by atoms with Crippen LogP contribution in [0.25, 0.3) is 0 Å². The quantitative estimate of drug-likeness (QED) is 0.202. The summed E-state index contributed by atoms with van der Waals surface area (Å²) in [5.74, 6) is -3.95. The fourth-order valence-electron chi connectivity index (χ4n) is 6.18. The number of nitrogens with one attached hydrogen (secondary N) is 2. The highest BCUT2D eigenvalue weighted by Crippen LogP contribution is 2.47. The number of amides is 2. The van der Waals surface area contributed by atoms with Crippen LogP contribution in [-0.4, -0.2) is 50.7 Å². The van der Waals surface area contributed by atoms with E-state index < -0.39 is 47.1 Å². The largest absolute Gasteiger partial charge is 0.598 e. The first-order chi connectivity index (χ1) is 21.0. The second-order valence-electron chi connectivity index (χ2n) is 10.8. The van der Waals surface area contributed by atoms with Gasteiger partial charge in [0, 0.05) is 27.0 Å². The summed E-state index contributed by atoms with van der Waals surface area (Å²) in [5, 5.41) is 9.90. The van der Waals surface area contributed by atoms with Crippen molar-refractivity contribution in [1.82, 2.24) is 15.1 Å². The minimum Gasteiger partial charge on any atom is -0.598 e. The predicted molar refractivity (Wildman–Crippen MR) is 164 cm³/mol. The molecule has 5 atom stereocenters. The molecule has 0 spiro atoms. The minimum atomic E-state index is -1.35. The van der Waals surface area contributed by atoms with Gasteiger partial charge < -0.3 is 14.6 Å². The summed E-state index contributed by atoms with van der Waals surface area (Å²) in [4.78, 5) is 46.9. The van der Waals surface area contributed by atoms with Gasteiger partial charge in [-0.15, -0.1) is 4.72 Å². The van der Waals surface area contributed by atoms with Gasteiger partial charge in [0.05, 0.1) is 36.2 Å². The zero-order valence-corrected chi connectivity index (χ0v) is 25.9. The first-order valence-electron chi connectivity index (χ1n) is 14.0. The predicted octanol–water partition coefficient (Wildman–Crippen LogP) is 5.55. The summed E-state index contributed by atoms with van der Waals surface area (Å²) in [7, 11) is 0. The molecule has 0 bridgehead atoms. The zero-order valence-electron chi connectivity index (χ0n) is 23.6. The molecular weight excluding hydrogens is 632 g/mol. The number of carbonyl (C=O) groups is 3. The molecule has 44 heavy (non-hydrogen) atoms. The van der Waals surface area contributed by atoms with Gasteiger partial charge in [0.2, 0.25) is 0 Å². The number of hydrogen-bond donors (Lipinski definition) is 3. The second-order valence-corrected chi connectivity index (χ2v) is 12.8. The van der Waals surface area contributed by atoms with Crippen LogP contribution in [0.3, 0.4) is 0 Å². The van der Waals surface area contributed by atoms with E-state index in [2.05, 4.69) is 10.2 Å². The minimum absolute atomic E-state index is 0.199. The standard InChI is InChI=1S/C31H30Cl2FN3O6S/c1-44(42)36-25-8-4-5-9-26(25)37-28(23-11-10-19(32)15-24(23)33)27(21-6-2-3-7-22(21)30(37)39)29(38)35-43-16-17-12-18(31(40)41)14-20(34)13-17/h2-3,6-7,10-15,25-28,36H,4-5,8-9,16H2,1H3,(H,35,38)(H,40,41)/t25-,26-,27+,28-,44?/m0/s1. The van der Waals surface area contributed by atoms with Gasteiger partial charge in [-0.25, -0.2) is 14.7 Å². The first kappa shape index (κ1) is 32.2. The third kappa shape index (κ3) is 6.88. The van der Waals surface area contributed by atoms with Gasteiger partial charge in [0.15, 0.2) is 0 Å². The van der Waals surface area contributed by atoms with Crippen molar-refractivity contribution in [2.24, 2.45) is 0 Å². The maximum Gasteiger partial charge on any atom is 0.335 e. The highest BCUT2D eigenvalue weighted by Gasteiger charge is 2.49. The Hall–Kier alpha value is -3.19. The fourth-order valence-corrected chi connectivity index (χ4v) is 7.40. The second kappa shape index (κ2) is 13.8. The van der Waals surface area contributed by atoms with Crippen LogP contribution in [0, 0.1) is 5.82 Å². The van der Waals surface area contributed by atoms with E-state index in [0.717, 1.165) is 25.0 Å². The number of carbonyl (C=O) groups excluding carboxylic acids is 2. The molecule has 1 fully saturated rings. The van der Waals surface area contributed by atoms with E-state index in [1.807, 2.05) is 0 Å². The molecule has 2 aliphatic rings. The van der Waals surface area contributed by atoms with E-state index in [4.69, 9.17) is 28.0 Å². The lowest BCUT2D eigenvalue weighted by molar-refractivity contribution is -0.138. The number of carboxylic acids is 1. The van der Waals surface area contributed by atoms with Crippen molar-refractivity contribution in [2.75, 3.05) is 6.26 Å². The molecule has 1 aliphatic heterocycles. The number of benzene rings is 3. The number of carboxylic acid groups (broad SMARTS) is 1. The maximum absolute atomic E-state index is 14.3. The third-order valence-corrected chi connectivity index (χ3v) is 9.16. The van der Waals surface area contributed by atoms with Crippen LogP contribution in [0.5, 0.6) is 0 Å². The van der Waals surface area contributed by atoms with Crippen LogP contribution < -0.4 is 10.2 Å². The normalized spacial score (nSPS) is 22.3. The molecule has 0 saturated heterocycles. The van der Waals surface area contributed by atoms with E-state index in [1.54, 1.807) is 47.4 Å². The summed E-state index contributed by atoms with van der Waals surface area (Å²) in [6, 6.07) is 13.3. The number of rotatable bonds is 9. The number of aromatic carboxylic acids is 1. The van der Waals surface area contributed by atoms with E-state index >= 15 is 0 Å². The van der Waals surface area contributed by atoms with Crippen molar-refractivity contribution in [3.8, 4) is 0 Å². The summed E-state index contributed by atoms with van der Waals surface area (Å²) >= 11 is 11.6.